The van der Waals surface area contributed by atoms with Crippen LogP contribution in [0.1, 0.15) is 32.9 Å². The third-order valence-electron chi connectivity index (χ3n) is 26.8. The first-order valence-electron chi connectivity index (χ1n) is 57.1. The standard InChI is InChI=1S/3C44H26O2/c1-3-18-34-32(16-1)41(28-13-9-12-27(26-28)29-20-10-21-36-30-14-5-7-24-39(30)45-43(29)36)33-17-2-4-19-35(33)42(34)38-23-11-22-37-31-15-6-8-25-40(31)46-44(37)38;1-3-17-35-33(15-1)42(29-12-9-11-27(25-29)28-23-24-32-30-13-5-7-21-39(30)45-41(32)26-28)34-16-2-4-18-36(34)43(35)38-20-10-19-37-31-14-6-8-22-40(31)46-44(37)38;1-3-15-34-32(13-1)41(28-25-23-27(24-26-28)29-17-9-18-36-30-11-5-7-21-39(30)45-43(29)36)33-14-2-4-16-35(33)42(34)38-20-10-19-37-31-12-6-8-22-40(31)46-44(37)38/h3*1-26H/i1D,2D,3D,4D,16D,17D,18D,19D;1D,2D,3D,4D,15D,16D,17D,18D;1D,2D,3D,4D,13D,14D,15D,16D. The molecule has 0 atom stereocenters. The molecule has 0 bridgehead atoms. The minimum absolute atomic E-state index is 0.131. The van der Waals surface area contributed by atoms with Crippen molar-refractivity contribution in [3.63, 3.8) is 0 Å². The zero-order valence-electron chi connectivity index (χ0n) is 96.6. The van der Waals surface area contributed by atoms with Gasteiger partial charge in [0.1, 0.15) is 67.0 Å². The zero-order chi connectivity index (χ0) is 111. The second-order valence-corrected chi connectivity index (χ2v) is 34.2. The summed E-state index contributed by atoms with van der Waals surface area (Å²) in [6.07, 6.45) is 0. The van der Waals surface area contributed by atoms with Gasteiger partial charge in [-0.05, 0) is 181 Å². The van der Waals surface area contributed by atoms with E-state index in [-0.39, 0.29) is 171 Å². The van der Waals surface area contributed by atoms with E-state index in [2.05, 4.69) is 0 Å². The number of para-hydroxylation sites is 11. The summed E-state index contributed by atoms with van der Waals surface area (Å²) < 4.78 is 256. The number of fused-ring (bicyclic) bond motifs is 24. The topological polar surface area (TPSA) is 78.8 Å². The largest absolute Gasteiger partial charge is 0.456 e. The molecule has 138 heavy (non-hydrogen) atoms. The van der Waals surface area contributed by atoms with Crippen LogP contribution in [0.3, 0.4) is 0 Å². The Kier molecular flexibility index (Phi) is 13.3. The maximum atomic E-state index is 9.39. The molecule has 0 spiro atoms. The van der Waals surface area contributed by atoms with Gasteiger partial charge in [-0.15, -0.1) is 0 Å². The van der Waals surface area contributed by atoms with Crippen LogP contribution in [0.5, 0.6) is 0 Å². The number of benzene rings is 24. The fourth-order valence-corrected chi connectivity index (χ4v) is 20.7. The molecule has 0 unspecified atom stereocenters. The lowest BCUT2D eigenvalue weighted by atomic mass is 9.85. The summed E-state index contributed by atoms with van der Waals surface area (Å²) in [6.45, 7) is 0. The molecule has 0 radical (unpaired) electrons. The summed E-state index contributed by atoms with van der Waals surface area (Å²) in [5.74, 6) is 0. The normalized spacial score (nSPS) is 14.3. The third-order valence-corrected chi connectivity index (χ3v) is 26.8. The van der Waals surface area contributed by atoms with Crippen molar-refractivity contribution in [1.29, 1.82) is 0 Å². The second kappa shape index (κ2) is 31.7. The minimum Gasteiger partial charge on any atom is -0.456 e. The number of furan rings is 6. The highest BCUT2D eigenvalue weighted by atomic mass is 16.3. The van der Waals surface area contributed by atoms with Gasteiger partial charge in [-0.3, -0.25) is 0 Å². The molecule has 30 rings (SSSR count). The molecule has 0 saturated carbocycles. The van der Waals surface area contributed by atoms with E-state index in [0.717, 1.165) is 120 Å². The third kappa shape index (κ3) is 12.4. The average Bonchev–Trinajstić information content (AvgIpc) is 1.60. The van der Waals surface area contributed by atoms with E-state index in [1.807, 2.05) is 297 Å². The molecule has 6 heteroatoms. The molecule has 0 fully saturated rings. The molecule has 30 aromatic rings. The van der Waals surface area contributed by atoms with Crippen LogP contribution in [-0.4, -0.2) is 0 Å². The maximum Gasteiger partial charge on any atom is 0.143 e. The molecule has 0 aliphatic rings. The first kappa shape index (κ1) is 57.8. The first-order valence-corrected chi connectivity index (χ1v) is 45.1. The quantitative estimate of drug-likeness (QED) is 0.134. The van der Waals surface area contributed by atoms with E-state index in [0.29, 0.717) is 78.0 Å². The van der Waals surface area contributed by atoms with Gasteiger partial charge < -0.3 is 26.5 Å². The fraction of sp³-hybridized carbons (Fsp3) is 0. The minimum atomic E-state index is -0.456. The highest BCUT2D eigenvalue weighted by Gasteiger charge is 2.27. The van der Waals surface area contributed by atoms with Crippen LogP contribution in [0.15, 0.2) is 499 Å². The summed E-state index contributed by atoms with van der Waals surface area (Å²) >= 11 is 0. The lowest BCUT2D eigenvalue weighted by molar-refractivity contribution is 0.669. The first-order chi connectivity index (χ1) is 78.4. The number of hydrogen-bond donors (Lipinski definition) is 0. The lowest BCUT2D eigenvalue weighted by Crippen LogP contribution is -1.91. The summed E-state index contributed by atoms with van der Waals surface area (Å²) in [5, 5.41) is 12.4. The van der Waals surface area contributed by atoms with Crippen LogP contribution >= 0.6 is 0 Å². The molecular formula is C132H78O6. The molecule has 6 heterocycles. The Morgan fingerprint density at radius 3 is 0.667 bits per heavy atom. The smallest absolute Gasteiger partial charge is 0.143 e. The molecule has 0 saturated heterocycles. The highest BCUT2D eigenvalue weighted by molar-refractivity contribution is 6.29. The maximum absolute atomic E-state index is 9.39. The van der Waals surface area contributed by atoms with Gasteiger partial charge in [0.05, 0.1) is 32.9 Å². The van der Waals surface area contributed by atoms with Crippen LogP contribution in [-0.2, 0) is 0 Å². The summed E-state index contributed by atoms with van der Waals surface area (Å²) in [7, 11) is 0. The number of rotatable bonds is 9. The van der Waals surface area contributed by atoms with Crippen molar-refractivity contribution in [3.05, 3.63) is 473 Å². The van der Waals surface area contributed by atoms with Crippen LogP contribution in [0.2, 0.25) is 0 Å². The van der Waals surface area contributed by atoms with E-state index in [1.165, 1.54) is 0 Å². The van der Waals surface area contributed by atoms with Crippen molar-refractivity contribution in [2.75, 3.05) is 0 Å². The molecule has 0 amide bonds. The Labute approximate surface area is 824 Å². The van der Waals surface area contributed by atoms with E-state index < -0.39 is 72.5 Å². The Balaban J connectivity index is 0.000000114. The molecule has 6 aromatic heterocycles. The van der Waals surface area contributed by atoms with Gasteiger partial charge in [0.2, 0.25) is 0 Å². The van der Waals surface area contributed by atoms with E-state index in [9.17, 15) is 16.4 Å². The highest BCUT2D eigenvalue weighted by Crippen LogP contribution is 2.53. The number of hydrogen-bond acceptors (Lipinski definition) is 6. The molecule has 642 valence electrons. The van der Waals surface area contributed by atoms with Crippen molar-refractivity contribution >= 4 is 196 Å². The van der Waals surface area contributed by atoms with Gasteiger partial charge in [0, 0.05) is 109 Å². The van der Waals surface area contributed by atoms with Gasteiger partial charge in [-0.1, -0.05) is 412 Å². The van der Waals surface area contributed by atoms with Gasteiger partial charge in [0.15, 0.2) is 0 Å². The van der Waals surface area contributed by atoms with Crippen molar-refractivity contribution in [2.45, 2.75) is 0 Å². The summed E-state index contributed by atoms with van der Waals surface area (Å²) in [4.78, 5) is 0. The average molecular weight is 1780 g/mol. The molecule has 6 nitrogen and oxygen atoms in total. The van der Waals surface area contributed by atoms with Crippen molar-refractivity contribution in [1.82, 2.24) is 0 Å². The molecule has 0 aliphatic heterocycles. The Bertz CT molecular complexity index is 11600. The fourth-order valence-electron chi connectivity index (χ4n) is 20.7. The molecule has 0 N–H and O–H groups in total. The van der Waals surface area contributed by atoms with Crippen LogP contribution in [0.25, 0.3) is 296 Å². The predicted octanol–water partition coefficient (Wildman–Crippen LogP) is 38.4. The van der Waals surface area contributed by atoms with E-state index >= 15 is 0 Å². The molecule has 24 aromatic carbocycles. The van der Waals surface area contributed by atoms with Gasteiger partial charge in [-0.2, -0.15) is 0 Å². The van der Waals surface area contributed by atoms with Crippen molar-refractivity contribution < 1.29 is 59.4 Å². The van der Waals surface area contributed by atoms with Gasteiger partial charge in [-0.25, -0.2) is 0 Å². The van der Waals surface area contributed by atoms with E-state index in [1.54, 1.807) is 30.3 Å². The molecular weight excluding hydrogens is 1680 g/mol. The second-order valence-electron chi connectivity index (χ2n) is 34.2. The van der Waals surface area contributed by atoms with Crippen molar-refractivity contribution in [2.24, 2.45) is 0 Å². The Hall–Kier alpha value is -18.4. The predicted molar refractivity (Wildman–Crippen MR) is 577 cm³/mol. The van der Waals surface area contributed by atoms with E-state index in [4.69, 9.17) is 43.0 Å². The molecule has 0 aliphatic carbocycles. The van der Waals surface area contributed by atoms with Gasteiger partial charge in [0.25, 0.3) is 0 Å². The summed E-state index contributed by atoms with van der Waals surface area (Å²) in [6, 6.07) is 93.5. The van der Waals surface area contributed by atoms with Crippen LogP contribution in [0, 0.1) is 0 Å². The monoisotopic (exact) mass is 1780 g/mol. The van der Waals surface area contributed by atoms with Crippen LogP contribution < -0.4 is 0 Å². The zero-order valence-corrected chi connectivity index (χ0v) is 72.6. The van der Waals surface area contributed by atoms with Gasteiger partial charge >= 0.3 is 0 Å². The Morgan fingerprint density at radius 1 is 0.123 bits per heavy atom. The van der Waals surface area contributed by atoms with Crippen molar-refractivity contribution in [3.8, 4) is 100 Å². The lowest BCUT2D eigenvalue weighted by Gasteiger charge is -2.18. The summed E-state index contributed by atoms with van der Waals surface area (Å²) in [5.41, 5.74) is 17.0. The Morgan fingerprint density at radius 2 is 0.333 bits per heavy atom. The van der Waals surface area contributed by atoms with Crippen LogP contribution in [0.4, 0.5) is 0 Å². The SMILES string of the molecule is [2H]c1c([2H])c([2H])c2c(-c3cccc4c3oc3ccccc34)c3c([2H])c([2H])c([2H])c([2H])c3c(-c3ccc(-c4cccc5c4oc4ccccc45)cc3)c2c1[2H].[2H]c1c([2H])c([2H])c2c(-c3cccc4c3oc3ccccc34)c3c([2H])c([2H])c([2H])c([2H])c3c(-c3cccc(-c4ccc5c(c4)oc4ccccc45)c3)c2c1[2H].[2H]c1c([2H])c([2H])c2c(-c3cccc4c3oc3ccccc34)c3c([2H])c([2H])c([2H])c([2H])c3c(-c3cccc(-c4cccc5c4oc4ccccc45)c3)c2c1[2H].